The van der Waals surface area contributed by atoms with Crippen LogP contribution in [0.15, 0.2) is 83.6 Å². The molecule has 21 heavy (non-hydrogen) atoms. The van der Waals surface area contributed by atoms with Gasteiger partial charge in [0.2, 0.25) is 0 Å². The Labute approximate surface area is 129 Å². The summed E-state index contributed by atoms with van der Waals surface area (Å²) in [5.41, 5.74) is 5.29. The molecule has 1 N–H and O–H groups in total. The van der Waals surface area contributed by atoms with Crippen LogP contribution in [0, 0.1) is 0 Å². The van der Waals surface area contributed by atoms with E-state index in [0.717, 1.165) is 25.1 Å². The lowest BCUT2D eigenvalue weighted by Gasteiger charge is -2.08. The van der Waals surface area contributed by atoms with Crippen molar-refractivity contribution in [2.45, 2.75) is 27.2 Å². The average molecular weight is 281 g/mol. The zero-order valence-corrected chi connectivity index (χ0v) is 12.2. The largest absolute Gasteiger partial charge is 0.309 e. The fourth-order valence-corrected chi connectivity index (χ4v) is 2.18. The summed E-state index contributed by atoms with van der Waals surface area (Å²) >= 11 is 0. The van der Waals surface area contributed by atoms with Crippen LogP contribution in [0.4, 0.5) is 0 Å². The number of hydrogen-bond acceptors (Lipinski definition) is 1. The van der Waals surface area contributed by atoms with Gasteiger partial charge in [0.1, 0.15) is 0 Å². The van der Waals surface area contributed by atoms with Gasteiger partial charge in [0.25, 0.3) is 0 Å². The zero-order valence-electron chi connectivity index (χ0n) is 12.2. The molecule has 1 heteroatoms. The lowest BCUT2D eigenvalue weighted by molar-refractivity contribution is 0.804. The van der Waals surface area contributed by atoms with E-state index in [0.29, 0.717) is 0 Å². The highest BCUT2D eigenvalue weighted by molar-refractivity contribution is 5.40. The van der Waals surface area contributed by atoms with E-state index in [9.17, 15) is 0 Å². The third-order valence-corrected chi connectivity index (χ3v) is 3.53. The van der Waals surface area contributed by atoms with Crippen LogP contribution in [-0.4, -0.2) is 13.1 Å². The van der Waals surface area contributed by atoms with Crippen LogP contribution in [0.1, 0.15) is 27.2 Å². The van der Waals surface area contributed by atoms with E-state index in [2.05, 4.69) is 67.4 Å². The Bertz CT molecular complexity index is 536. The van der Waals surface area contributed by atoms with Crippen molar-refractivity contribution in [1.82, 2.24) is 5.32 Å². The first-order chi connectivity index (χ1) is 9.78. The number of hydrogen-bond donors (Lipinski definition) is 1. The molecule has 0 unspecified atom stereocenters. The van der Waals surface area contributed by atoms with Crippen LogP contribution in [0.2, 0.25) is 0 Å². The van der Waals surface area contributed by atoms with Gasteiger partial charge in [0, 0.05) is 13.1 Å². The molecule has 0 aromatic carbocycles. The van der Waals surface area contributed by atoms with Gasteiger partial charge in [-0.15, -0.1) is 0 Å². The van der Waals surface area contributed by atoms with Gasteiger partial charge >= 0.3 is 0 Å². The molecule has 0 saturated heterocycles. The van der Waals surface area contributed by atoms with E-state index < -0.39 is 0 Å². The summed E-state index contributed by atoms with van der Waals surface area (Å²) in [5.74, 6) is 0. The second-order valence-electron chi connectivity index (χ2n) is 5.23. The molecule has 0 atom stereocenters. The van der Waals surface area contributed by atoms with Crippen molar-refractivity contribution in [1.29, 1.82) is 0 Å². The predicted molar refractivity (Wildman–Crippen MR) is 95.3 cm³/mol. The first kappa shape index (κ1) is 17.2. The highest BCUT2D eigenvalue weighted by Gasteiger charge is 1.99. The van der Waals surface area contributed by atoms with Crippen molar-refractivity contribution >= 4 is 0 Å². The van der Waals surface area contributed by atoms with Crippen LogP contribution in [0.5, 0.6) is 0 Å². The molecule has 0 amide bonds. The molecule has 0 aromatic heterocycles. The van der Waals surface area contributed by atoms with Crippen molar-refractivity contribution in [2.75, 3.05) is 13.1 Å². The maximum atomic E-state index is 3.89. The van der Waals surface area contributed by atoms with Crippen molar-refractivity contribution in [3.05, 3.63) is 83.6 Å². The molecule has 112 valence electrons. The van der Waals surface area contributed by atoms with Crippen molar-refractivity contribution in [3.8, 4) is 0 Å². The molecule has 1 aliphatic heterocycles. The molecule has 0 fully saturated rings. The van der Waals surface area contributed by atoms with Gasteiger partial charge < -0.3 is 5.32 Å². The quantitative estimate of drug-likeness (QED) is 0.712. The number of nitrogens with one attached hydrogen (secondary N) is 1. The Balaban J connectivity index is 0.00000220. The van der Waals surface area contributed by atoms with Gasteiger partial charge in [-0.05, 0) is 36.5 Å². The third-order valence-electron chi connectivity index (χ3n) is 3.53. The van der Waals surface area contributed by atoms with E-state index in [-0.39, 0.29) is 7.43 Å². The maximum absolute atomic E-state index is 3.89. The van der Waals surface area contributed by atoms with Crippen molar-refractivity contribution in [3.63, 3.8) is 0 Å². The lowest BCUT2D eigenvalue weighted by atomic mass is 9.98. The van der Waals surface area contributed by atoms with Gasteiger partial charge in [-0.1, -0.05) is 74.3 Å². The number of allylic oxidation sites excluding steroid dienone is 10. The van der Waals surface area contributed by atoms with Crippen LogP contribution in [0.3, 0.4) is 0 Å². The molecule has 1 nitrogen and oxygen atoms in total. The van der Waals surface area contributed by atoms with Gasteiger partial charge in [0.15, 0.2) is 0 Å². The monoisotopic (exact) mass is 281 g/mol. The molecule has 0 saturated carbocycles. The Hall–Kier alpha value is -1.86. The zero-order chi connectivity index (χ0) is 14.2. The summed E-state index contributed by atoms with van der Waals surface area (Å²) < 4.78 is 0. The fourth-order valence-electron chi connectivity index (χ4n) is 2.18. The Morgan fingerprint density at radius 2 is 2.14 bits per heavy atom. The van der Waals surface area contributed by atoms with Gasteiger partial charge in [0.05, 0.1) is 0 Å². The Morgan fingerprint density at radius 1 is 1.29 bits per heavy atom. The van der Waals surface area contributed by atoms with Gasteiger partial charge in [-0.2, -0.15) is 0 Å². The molecule has 0 bridgehead atoms. The summed E-state index contributed by atoms with van der Waals surface area (Å²) in [5, 5.41) is 3.32. The summed E-state index contributed by atoms with van der Waals surface area (Å²) in [6.07, 6.45) is 21.6. The highest BCUT2D eigenvalue weighted by Crippen LogP contribution is 2.19. The van der Waals surface area contributed by atoms with E-state index in [4.69, 9.17) is 0 Å². The Kier molecular flexibility index (Phi) is 7.49. The smallest absolute Gasteiger partial charge is 0.0208 e. The molecular weight excluding hydrogens is 254 g/mol. The summed E-state index contributed by atoms with van der Waals surface area (Å²) in [6, 6.07) is 0. The highest BCUT2D eigenvalue weighted by atomic mass is 14.8. The molecular formula is C20H27N. The second-order valence-corrected chi connectivity index (χ2v) is 5.23. The van der Waals surface area contributed by atoms with E-state index in [1.54, 1.807) is 0 Å². The van der Waals surface area contributed by atoms with E-state index in [1.807, 2.05) is 6.08 Å². The minimum absolute atomic E-state index is 0. The first-order valence-electron chi connectivity index (χ1n) is 7.23. The van der Waals surface area contributed by atoms with Gasteiger partial charge in [-0.25, -0.2) is 0 Å². The second kappa shape index (κ2) is 9.15. The average Bonchev–Trinajstić information content (AvgIpc) is 2.50. The first-order valence-corrected chi connectivity index (χ1v) is 7.23. The normalized spacial score (nSPS) is 21.0. The van der Waals surface area contributed by atoms with Crippen LogP contribution in [-0.2, 0) is 0 Å². The summed E-state index contributed by atoms with van der Waals surface area (Å²) in [4.78, 5) is 0. The molecule has 2 rings (SSSR count). The summed E-state index contributed by atoms with van der Waals surface area (Å²) in [6.45, 7) is 7.98. The Morgan fingerprint density at radius 3 is 2.76 bits per heavy atom. The molecule has 0 spiro atoms. The molecule has 0 aromatic rings. The van der Waals surface area contributed by atoms with Crippen LogP contribution >= 0.6 is 0 Å². The SMILES string of the molecule is C.C=CC(/C=C\C1=CC=C(C)CC1)=C\C=C1\C=CCNC1. The fraction of sp³-hybridized carbons (Fsp3) is 0.300. The third kappa shape index (κ3) is 5.97. The van der Waals surface area contributed by atoms with E-state index >= 15 is 0 Å². The standard InChI is InChI=1S/C19H23N.CH4/c1-3-17(11-13-19-5-4-14-20-15-19)10-12-18-8-6-16(2)7-9-18;/h3-6,8,10-13,20H,1,7,9,14-15H2,2H3;1H4/b12-10-,17-11+,19-13-;. The van der Waals surface area contributed by atoms with Crippen LogP contribution in [0.25, 0.3) is 0 Å². The van der Waals surface area contributed by atoms with Gasteiger partial charge in [-0.3, -0.25) is 0 Å². The predicted octanol–water partition coefficient (Wildman–Crippen LogP) is 5.04. The minimum atomic E-state index is 0. The summed E-state index contributed by atoms with van der Waals surface area (Å²) in [7, 11) is 0. The minimum Gasteiger partial charge on any atom is -0.309 e. The van der Waals surface area contributed by atoms with Crippen molar-refractivity contribution in [2.24, 2.45) is 0 Å². The lowest BCUT2D eigenvalue weighted by Crippen LogP contribution is -2.19. The van der Waals surface area contributed by atoms with Crippen molar-refractivity contribution < 1.29 is 0 Å². The van der Waals surface area contributed by atoms with Crippen LogP contribution < -0.4 is 5.32 Å². The number of rotatable bonds is 4. The molecule has 0 radical (unpaired) electrons. The molecule has 1 aliphatic carbocycles. The molecule has 1 heterocycles. The molecule has 2 aliphatic rings. The van der Waals surface area contributed by atoms with E-state index in [1.165, 1.54) is 23.1 Å². The topological polar surface area (TPSA) is 12.0 Å². The maximum Gasteiger partial charge on any atom is 0.0208 e.